The Morgan fingerprint density at radius 1 is 1.29 bits per heavy atom. The Hall–Kier alpha value is -1.90. The average Bonchev–Trinajstić information content (AvgIpc) is 2.90. The SMILES string of the molecule is COCCNCCNC(=O)c1cccc(CN2C(=O)CSC2=O)c1. The van der Waals surface area contributed by atoms with E-state index in [9.17, 15) is 14.4 Å². The topological polar surface area (TPSA) is 87.7 Å². The van der Waals surface area contributed by atoms with E-state index in [0.717, 1.165) is 23.9 Å². The van der Waals surface area contributed by atoms with E-state index in [-0.39, 0.29) is 29.4 Å². The van der Waals surface area contributed by atoms with Crippen LogP contribution in [-0.2, 0) is 16.1 Å². The minimum absolute atomic E-state index is 0.182. The Morgan fingerprint density at radius 2 is 2.12 bits per heavy atom. The molecule has 1 aliphatic heterocycles. The molecular formula is C16H21N3O4S. The van der Waals surface area contributed by atoms with E-state index in [0.29, 0.717) is 25.3 Å². The van der Waals surface area contributed by atoms with Crippen LogP contribution in [0.25, 0.3) is 0 Å². The summed E-state index contributed by atoms with van der Waals surface area (Å²) in [6, 6.07) is 6.96. The van der Waals surface area contributed by atoms with E-state index < -0.39 is 0 Å². The number of hydrogen-bond acceptors (Lipinski definition) is 6. The van der Waals surface area contributed by atoms with Crippen molar-refractivity contribution >= 4 is 28.8 Å². The maximum absolute atomic E-state index is 12.1. The Bertz CT molecular complexity index is 593. The van der Waals surface area contributed by atoms with E-state index in [1.54, 1.807) is 31.4 Å². The molecule has 8 heteroatoms. The number of nitrogens with one attached hydrogen (secondary N) is 2. The number of rotatable bonds is 9. The number of carbonyl (C=O) groups excluding carboxylic acids is 3. The lowest BCUT2D eigenvalue weighted by atomic mass is 10.1. The summed E-state index contributed by atoms with van der Waals surface area (Å²) >= 11 is 1.00. The highest BCUT2D eigenvalue weighted by molar-refractivity contribution is 8.14. The number of methoxy groups -OCH3 is 1. The lowest BCUT2D eigenvalue weighted by Gasteiger charge is -2.13. The van der Waals surface area contributed by atoms with Gasteiger partial charge in [0.2, 0.25) is 5.91 Å². The van der Waals surface area contributed by atoms with Crippen molar-refractivity contribution in [2.75, 3.05) is 39.1 Å². The molecule has 1 saturated heterocycles. The van der Waals surface area contributed by atoms with Crippen LogP contribution in [0, 0.1) is 0 Å². The van der Waals surface area contributed by atoms with Crippen LogP contribution in [0.15, 0.2) is 24.3 Å². The number of carbonyl (C=O) groups is 3. The molecule has 7 nitrogen and oxygen atoms in total. The van der Waals surface area contributed by atoms with Crippen molar-refractivity contribution < 1.29 is 19.1 Å². The van der Waals surface area contributed by atoms with E-state index in [4.69, 9.17) is 4.74 Å². The Kier molecular flexibility index (Phi) is 7.23. The second-order valence-electron chi connectivity index (χ2n) is 5.23. The number of nitrogens with zero attached hydrogens (tertiary/aromatic N) is 1. The fourth-order valence-corrected chi connectivity index (χ4v) is 2.92. The van der Waals surface area contributed by atoms with Crippen LogP contribution in [-0.4, -0.2) is 61.1 Å². The van der Waals surface area contributed by atoms with Crippen molar-refractivity contribution in [3.8, 4) is 0 Å². The largest absolute Gasteiger partial charge is 0.383 e. The summed E-state index contributed by atoms with van der Waals surface area (Å²) in [5, 5.41) is 5.72. The average molecular weight is 351 g/mol. The predicted octanol–water partition coefficient (Wildman–Crippen LogP) is 0.848. The molecular weight excluding hydrogens is 330 g/mol. The number of benzene rings is 1. The molecule has 0 unspecified atom stereocenters. The van der Waals surface area contributed by atoms with Gasteiger partial charge in [0.1, 0.15) is 0 Å². The first-order valence-corrected chi connectivity index (χ1v) is 8.64. The van der Waals surface area contributed by atoms with Crippen molar-refractivity contribution in [3.63, 3.8) is 0 Å². The van der Waals surface area contributed by atoms with Gasteiger partial charge in [0.05, 0.1) is 18.9 Å². The number of hydrogen-bond donors (Lipinski definition) is 2. The van der Waals surface area contributed by atoms with Gasteiger partial charge in [-0.1, -0.05) is 23.9 Å². The molecule has 1 aromatic carbocycles. The van der Waals surface area contributed by atoms with Crippen LogP contribution in [0.4, 0.5) is 4.79 Å². The number of amides is 3. The quantitative estimate of drug-likeness (QED) is 0.641. The van der Waals surface area contributed by atoms with Crippen LogP contribution in [0.5, 0.6) is 0 Å². The molecule has 0 saturated carbocycles. The second kappa shape index (κ2) is 9.41. The van der Waals surface area contributed by atoms with Gasteiger partial charge in [-0.25, -0.2) is 0 Å². The molecule has 130 valence electrons. The second-order valence-corrected chi connectivity index (χ2v) is 6.16. The van der Waals surface area contributed by atoms with Gasteiger partial charge in [0, 0.05) is 32.3 Å². The zero-order valence-electron chi connectivity index (χ0n) is 13.5. The monoisotopic (exact) mass is 351 g/mol. The molecule has 1 heterocycles. The highest BCUT2D eigenvalue weighted by Crippen LogP contribution is 2.21. The smallest absolute Gasteiger partial charge is 0.289 e. The van der Waals surface area contributed by atoms with Gasteiger partial charge in [-0.15, -0.1) is 0 Å². The Labute approximate surface area is 145 Å². The van der Waals surface area contributed by atoms with Crippen LogP contribution < -0.4 is 10.6 Å². The molecule has 0 bridgehead atoms. The summed E-state index contributed by atoms with van der Waals surface area (Å²) in [5.74, 6) is -0.185. The molecule has 0 aromatic heterocycles. The summed E-state index contributed by atoms with van der Waals surface area (Å²) < 4.78 is 4.92. The van der Waals surface area contributed by atoms with Crippen LogP contribution >= 0.6 is 11.8 Å². The fraction of sp³-hybridized carbons (Fsp3) is 0.438. The summed E-state index contributed by atoms with van der Waals surface area (Å²) in [7, 11) is 1.64. The summed E-state index contributed by atoms with van der Waals surface area (Å²) in [4.78, 5) is 36.6. The van der Waals surface area contributed by atoms with Gasteiger partial charge in [0.15, 0.2) is 0 Å². The van der Waals surface area contributed by atoms with Crippen molar-refractivity contribution in [2.24, 2.45) is 0 Å². The zero-order valence-corrected chi connectivity index (χ0v) is 14.4. The third-order valence-electron chi connectivity index (χ3n) is 3.44. The first kappa shape index (κ1) is 18.4. The van der Waals surface area contributed by atoms with Crippen LogP contribution in [0.3, 0.4) is 0 Å². The number of ether oxygens (including phenoxy) is 1. The van der Waals surface area contributed by atoms with Gasteiger partial charge in [-0.2, -0.15) is 0 Å². The Balaban J connectivity index is 1.84. The molecule has 24 heavy (non-hydrogen) atoms. The van der Waals surface area contributed by atoms with E-state index in [2.05, 4.69) is 10.6 Å². The summed E-state index contributed by atoms with van der Waals surface area (Å²) in [6.07, 6.45) is 0. The highest BCUT2D eigenvalue weighted by atomic mass is 32.2. The van der Waals surface area contributed by atoms with Gasteiger partial charge >= 0.3 is 0 Å². The summed E-state index contributed by atoms with van der Waals surface area (Å²) in [5.41, 5.74) is 1.27. The van der Waals surface area contributed by atoms with Crippen molar-refractivity contribution in [2.45, 2.75) is 6.54 Å². The molecule has 2 N–H and O–H groups in total. The zero-order chi connectivity index (χ0) is 17.4. The maximum atomic E-state index is 12.1. The minimum Gasteiger partial charge on any atom is -0.383 e. The molecule has 0 atom stereocenters. The van der Waals surface area contributed by atoms with Crippen molar-refractivity contribution in [1.82, 2.24) is 15.5 Å². The Morgan fingerprint density at radius 3 is 2.83 bits per heavy atom. The standard InChI is InChI=1S/C16H21N3O4S/c1-23-8-7-17-5-6-18-15(21)13-4-2-3-12(9-13)10-19-14(20)11-24-16(19)22/h2-4,9,17H,5-8,10-11H2,1H3,(H,18,21). The third-order valence-corrected chi connectivity index (χ3v) is 4.30. The van der Waals surface area contributed by atoms with Gasteiger partial charge in [0.25, 0.3) is 11.1 Å². The molecule has 3 amide bonds. The van der Waals surface area contributed by atoms with Crippen molar-refractivity contribution in [3.05, 3.63) is 35.4 Å². The molecule has 1 fully saturated rings. The molecule has 0 aliphatic carbocycles. The summed E-state index contributed by atoms with van der Waals surface area (Å²) in [6.45, 7) is 2.72. The van der Waals surface area contributed by atoms with E-state index in [1.165, 1.54) is 4.90 Å². The first-order chi connectivity index (χ1) is 11.6. The normalized spacial score (nSPS) is 14.3. The van der Waals surface area contributed by atoms with Gasteiger partial charge in [-0.3, -0.25) is 19.3 Å². The lowest BCUT2D eigenvalue weighted by Crippen LogP contribution is -2.33. The molecule has 2 rings (SSSR count). The predicted molar refractivity (Wildman–Crippen MR) is 91.9 cm³/mol. The third kappa shape index (κ3) is 5.33. The molecule has 1 aliphatic rings. The van der Waals surface area contributed by atoms with Crippen LogP contribution in [0.2, 0.25) is 0 Å². The number of thioether (sulfide) groups is 1. The number of imide groups is 1. The van der Waals surface area contributed by atoms with Gasteiger partial charge < -0.3 is 15.4 Å². The van der Waals surface area contributed by atoms with E-state index >= 15 is 0 Å². The van der Waals surface area contributed by atoms with Crippen LogP contribution in [0.1, 0.15) is 15.9 Å². The molecule has 0 radical (unpaired) electrons. The fourth-order valence-electron chi connectivity index (χ4n) is 2.19. The minimum atomic E-state index is -0.239. The van der Waals surface area contributed by atoms with Crippen molar-refractivity contribution in [1.29, 1.82) is 0 Å². The lowest BCUT2D eigenvalue weighted by molar-refractivity contribution is -0.125. The molecule has 1 aromatic rings. The molecule has 0 spiro atoms. The van der Waals surface area contributed by atoms with E-state index in [1.807, 2.05) is 0 Å². The first-order valence-electron chi connectivity index (χ1n) is 7.65. The van der Waals surface area contributed by atoms with Gasteiger partial charge in [-0.05, 0) is 17.7 Å². The highest BCUT2D eigenvalue weighted by Gasteiger charge is 2.29. The maximum Gasteiger partial charge on any atom is 0.289 e.